The lowest BCUT2D eigenvalue weighted by Crippen LogP contribution is -2.46. The van der Waals surface area contributed by atoms with Crippen LogP contribution in [-0.4, -0.2) is 16.4 Å². The van der Waals surface area contributed by atoms with Crippen LogP contribution in [0, 0.1) is 6.92 Å². The molecule has 0 spiro atoms. The summed E-state index contributed by atoms with van der Waals surface area (Å²) in [6, 6.07) is -0.0293. The number of carbonyl (C=O) groups excluding carboxylic acids is 1. The molecule has 19 heavy (non-hydrogen) atoms. The van der Waals surface area contributed by atoms with Crippen molar-refractivity contribution in [3.8, 4) is 0 Å². The molecule has 0 saturated heterocycles. The maximum atomic E-state index is 12.1. The van der Waals surface area contributed by atoms with Crippen molar-refractivity contribution >= 4 is 17.2 Å². The lowest BCUT2D eigenvalue weighted by atomic mass is 9.80. The van der Waals surface area contributed by atoms with Gasteiger partial charge in [-0.15, -0.1) is 11.3 Å². The highest BCUT2D eigenvalue weighted by Gasteiger charge is 2.30. The maximum absolute atomic E-state index is 12.1. The van der Waals surface area contributed by atoms with E-state index in [1.807, 2.05) is 20.0 Å². The molecule has 1 unspecified atom stereocenters. The molecule has 0 aliphatic heterocycles. The minimum Gasteiger partial charge on any atom is -0.347 e. The van der Waals surface area contributed by atoms with Crippen LogP contribution in [0.1, 0.15) is 61.4 Å². The third-order valence-electron chi connectivity index (χ3n) is 3.75. The highest BCUT2D eigenvalue weighted by Crippen LogP contribution is 2.29. The molecule has 0 aromatic carbocycles. The average molecular weight is 281 g/mol. The normalized spacial score (nSPS) is 19.9. The number of thiazole rings is 1. The third kappa shape index (κ3) is 4.01. The summed E-state index contributed by atoms with van der Waals surface area (Å²) < 4.78 is 0. The van der Waals surface area contributed by atoms with Gasteiger partial charge in [-0.3, -0.25) is 4.79 Å². The number of hydrogen-bond donors (Lipinski definition) is 2. The van der Waals surface area contributed by atoms with E-state index >= 15 is 0 Å². The van der Waals surface area contributed by atoms with Crippen molar-refractivity contribution in [1.82, 2.24) is 10.3 Å². The quantitative estimate of drug-likeness (QED) is 0.891. The van der Waals surface area contributed by atoms with Gasteiger partial charge in [-0.1, -0.05) is 19.3 Å². The predicted octanol–water partition coefficient (Wildman–Crippen LogP) is 2.68. The Bertz CT molecular complexity index is 438. The van der Waals surface area contributed by atoms with Crippen LogP contribution in [0.25, 0.3) is 0 Å². The van der Waals surface area contributed by atoms with Gasteiger partial charge < -0.3 is 11.1 Å². The summed E-state index contributed by atoms with van der Waals surface area (Å²) in [5, 5.41) is 3.97. The fourth-order valence-corrected chi connectivity index (χ4v) is 3.46. The van der Waals surface area contributed by atoms with E-state index in [0.29, 0.717) is 6.42 Å². The van der Waals surface area contributed by atoms with E-state index in [2.05, 4.69) is 10.3 Å². The van der Waals surface area contributed by atoms with Gasteiger partial charge in [-0.25, -0.2) is 4.98 Å². The second-order valence-electron chi connectivity index (χ2n) is 5.70. The minimum absolute atomic E-state index is 0.0293. The molecule has 106 valence electrons. The van der Waals surface area contributed by atoms with E-state index in [9.17, 15) is 4.79 Å². The first-order chi connectivity index (χ1) is 8.98. The van der Waals surface area contributed by atoms with Crippen molar-refractivity contribution in [2.75, 3.05) is 0 Å². The first-order valence-corrected chi connectivity index (χ1v) is 7.81. The van der Waals surface area contributed by atoms with E-state index in [0.717, 1.165) is 30.7 Å². The van der Waals surface area contributed by atoms with Gasteiger partial charge in [0, 0.05) is 23.0 Å². The third-order valence-corrected chi connectivity index (χ3v) is 4.84. The summed E-state index contributed by atoms with van der Waals surface area (Å²) in [6.07, 6.45) is 7.73. The Morgan fingerprint density at radius 2 is 2.21 bits per heavy atom. The Balaban J connectivity index is 1.87. The van der Waals surface area contributed by atoms with E-state index in [4.69, 9.17) is 5.73 Å². The van der Waals surface area contributed by atoms with Crippen LogP contribution in [0.2, 0.25) is 0 Å². The number of aryl methyl sites for hydroxylation is 1. The number of hydrogen-bond acceptors (Lipinski definition) is 4. The zero-order valence-corrected chi connectivity index (χ0v) is 12.6. The van der Waals surface area contributed by atoms with Crippen molar-refractivity contribution in [3.05, 3.63) is 16.1 Å². The van der Waals surface area contributed by atoms with Crippen LogP contribution in [0.15, 0.2) is 6.20 Å². The molecule has 2 rings (SSSR count). The number of nitrogens with zero attached hydrogens (tertiary/aromatic N) is 1. The summed E-state index contributed by atoms with van der Waals surface area (Å²) in [6.45, 7) is 3.99. The molecule has 1 atom stereocenters. The van der Waals surface area contributed by atoms with Crippen LogP contribution in [0.3, 0.4) is 0 Å². The average Bonchev–Trinajstić information content (AvgIpc) is 2.76. The van der Waals surface area contributed by atoms with Gasteiger partial charge in [0.05, 0.1) is 6.04 Å². The van der Waals surface area contributed by atoms with Crippen molar-refractivity contribution in [3.63, 3.8) is 0 Å². The van der Waals surface area contributed by atoms with Gasteiger partial charge in [-0.05, 0) is 26.7 Å². The minimum atomic E-state index is -0.291. The molecule has 1 fully saturated rings. The molecule has 1 amide bonds. The predicted molar refractivity (Wildman–Crippen MR) is 78.0 cm³/mol. The smallest absolute Gasteiger partial charge is 0.222 e. The molecule has 5 heteroatoms. The molecular formula is C14H23N3OS. The largest absolute Gasteiger partial charge is 0.347 e. The lowest BCUT2D eigenvalue weighted by molar-refractivity contribution is -0.123. The number of aromatic nitrogens is 1. The molecule has 0 bridgehead atoms. The van der Waals surface area contributed by atoms with Gasteiger partial charge in [0.2, 0.25) is 5.91 Å². The number of carbonyl (C=O) groups is 1. The van der Waals surface area contributed by atoms with Gasteiger partial charge in [0.15, 0.2) is 0 Å². The highest BCUT2D eigenvalue weighted by atomic mass is 32.1. The fourth-order valence-electron chi connectivity index (χ4n) is 2.68. The molecule has 3 N–H and O–H groups in total. The molecule has 1 saturated carbocycles. The monoisotopic (exact) mass is 281 g/mol. The molecule has 4 nitrogen and oxygen atoms in total. The van der Waals surface area contributed by atoms with Crippen LogP contribution in [-0.2, 0) is 4.79 Å². The summed E-state index contributed by atoms with van der Waals surface area (Å²) in [4.78, 5) is 17.6. The summed E-state index contributed by atoms with van der Waals surface area (Å²) in [7, 11) is 0. The van der Waals surface area contributed by atoms with Gasteiger partial charge in [-0.2, -0.15) is 0 Å². The van der Waals surface area contributed by atoms with E-state index < -0.39 is 0 Å². The number of rotatable bonds is 4. The molecule has 1 aliphatic rings. The first kappa shape index (κ1) is 14.5. The number of nitrogens with two attached hydrogens (primary N) is 1. The zero-order valence-electron chi connectivity index (χ0n) is 11.7. The van der Waals surface area contributed by atoms with Crippen LogP contribution in [0.5, 0.6) is 0 Å². The van der Waals surface area contributed by atoms with Crippen molar-refractivity contribution in [2.45, 2.75) is 64.0 Å². The Labute approximate surface area is 118 Å². The Kier molecular flexibility index (Phi) is 4.58. The van der Waals surface area contributed by atoms with E-state index in [-0.39, 0.29) is 17.5 Å². The zero-order chi connectivity index (χ0) is 13.9. The molecule has 1 aliphatic carbocycles. The highest BCUT2D eigenvalue weighted by molar-refractivity contribution is 7.11. The van der Waals surface area contributed by atoms with Crippen LogP contribution < -0.4 is 11.1 Å². The van der Waals surface area contributed by atoms with Crippen LogP contribution in [0.4, 0.5) is 0 Å². The second kappa shape index (κ2) is 6.01. The topological polar surface area (TPSA) is 68.0 Å². The molecular weight excluding hydrogens is 258 g/mol. The Morgan fingerprint density at radius 3 is 2.79 bits per heavy atom. The first-order valence-electron chi connectivity index (χ1n) is 6.99. The molecule has 0 radical (unpaired) electrons. The van der Waals surface area contributed by atoms with E-state index in [1.165, 1.54) is 11.3 Å². The lowest BCUT2D eigenvalue weighted by Gasteiger charge is -2.33. The van der Waals surface area contributed by atoms with Crippen LogP contribution >= 0.6 is 11.3 Å². The van der Waals surface area contributed by atoms with Gasteiger partial charge in [0.25, 0.3) is 0 Å². The molecule has 1 aromatic heterocycles. The van der Waals surface area contributed by atoms with Crippen molar-refractivity contribution < 1.29 is 4.79 Å². The van der Waals surface area contributed by atoms with E-state index in [1.54, 1.807) is 11.3 Å². The molecule has 1 aromatic rings. The maximum Gasteiger partial charge on any atom is 0.222 e. The molecule has 1 heterocycles. The van der Waals surface area contributed by atoms with Crippen molar-refractivity contribution in [1.29, 1.82) is 0 Å². The number of nitrogens with one attached hydrogen (secondary N) is 1. The van der Waals surface area contributed by atoms with Gasteiger partial charge >= 0.3 is 0 Å². The number of amides is 1. The fraction of sp³-hybridized carbons (Fsp3) is 0.714. The Morgan fingerprint density at radius 1 is 1.53 bits per heavy atom. The SMILES string of the molecule is Cc1cnc(C(C)NC(=O)CC2(N)CCCCC2)s1. The Hall–Kier alpha value is -0.940. The van der Waals surface area contributed by atoms with Crippen molar-refractivity contribution in [2.24, 2.45) is 5.73 Å². The second-order valence-corrected chi connectivity index (χ2v) is 6.96. The standard InChI is InChI=1S/C14H23N3OS/c1-10-9-16-13(19-10)11(2)17-12(18)8-14(15)6-4-3-5-7-14/h9,11H,3-8,15H2,1-2H3,(H,17,18). The summed E-state index contributed by atoms with van der Waals surface area (Å²) >= 11 is 1.63. The summed E-state index contributed by atoms with van der Waals surface area (Å²) in [5.74, 6) is 0.0461. The van der Waals surface area contributed by atoms with Gasteiger partial charge in [0.1, 0.15) is 5.01 Å². The summed E-state index contributed by atoms with van der Waals surface area (Å²) in [5.41, 5.74) is 6.01.